The number of nitriles is 1. The van der Waals surface area contributed by atoms with Crippen LogP contribution < -0.4 is 20.4 Å². The maximum atomic E-state index is 14.5. The lowest BCUT2D eigenvalue weighted by molar-refractivity contribution is -0.141. The van der Waals surface area contributed by atoms with Crippen molar-refractivity contribution in [3.63, 3.8) is 0 Å². The molecule has 0 radical (unpaired) electrons. The van der Waals surface area contributed by atoms with Gasteiger partial charge in [0.15, 0.2) is 0 Å². The summed E-state index contributed by atoms with van der Waals surface area (Å²) in [6, 6.07) is 18.9. The lowest BCUT2D eigenvalue weighted by atomic mass is 9.85. The predicted molar refractivity (Wildman–Crippen MR) is 158 cm³/mol. The van der Waals surface area contributed by atoms with Crippen LogP contribution in [0.15, 0.2) is 60.7 Å². The Morgan fingerprint density at radius 2 is 1.86 bits per heavy atom. The van der Waals surface area contributed by atoms with Crippen LogP contribution in [-0.2, 0) is 22.7 Å². The number of nitrogens with one attached hydrogen (secondary N) is 2. The molecule has 3 aliphatic rings. The number of anilines is 1. The average Bonchev–Trinajstić information content (AvgIpc) is 3.37. The first kappa shape index (κ1) is 29.7. The molecule has 2 amide bonds. The molecular weight excluding hydrogens is 565 g/mol. The first-order chi connectivity index (χ1) is 21.4. The lowest BCUT2D eigenvalue weighted by Crippen LogP contribution is -2.51. The highest BCUT2D eigenvalue weighted by atomic mass is 19.1. The topological polar surface area (TPSA) is 138 Å². The number of nitrogens with zero attached hydrogens (tertiary/aromatic N) is 3. The van der Waals surface area contributed by atoms with E-state index in [0.29, 0.717) is 48.6 Å². The summed E-state index contributed by atoms with van der Waals surface area (Å²) in [5.41, 5.74) is 6.63. The summed E-state index contributed by atoms with van der Waals surface area (Å²) < 4.78 is 20.7. The number of halogens is 1. The van der Waals surface area contributed by atoms with Crippen molar-refractivity contribution >= 4 is 17.5 Å². The van der Waals surface area contributed by atoms with Crippen LogP contribution in [0.2, 0.25) is 0 Å². The van der Waals surface area contributed by atoms with Gasteiger partial charge >= 0.3 is 0 Å². The van der Waals surface area contributed by atoms with Gasteiger partial charge in [0.05, 0.1) is 29.4 Å². The minimum Gasteiger partial charge on any atom is -0.489 e. The molecule has 228 valence electrons. The average molecular weight is 600 g/mol. The van der Waals surface area contributed by atoms with Crippen LogP contribution in [0.1, 0.15) is 65.8 Å². The molecule has 2 unspecified atom stereocenters. The van der Waals surface area contributed by atoms with Crippen molar-refractivity contribution in [3.05, 3.63) is 94.3 Å². The fourth-order valence-corrected chi connectivity index (χ4v) is 6.60. The Balaban J connectivity index is 1.06. The van der Waals surface area contributed by atoms with Crippen LogP contribution in [0, 0.1) is 23.1 Å². The number of hydrogen-bond donors (Lipinski definition) is 4. The van der Waals surface area contributed by atoms with Crippen molar-refractivity contribution in [2.24, 2.45) is 5.92 Å². The monoisotopic (exact) mass is 599 g/mol. The second-order valence-corrected chi connectivity index (χ2v) is 11.6. The Morgan fingerprint density at radius 1 is 1.09 bits per heavy atom. The van der Waals surface area contributed by atoms with Gasteiger partial charge in [-0.05, 0) is 60.6 Å². The molecule has 3 aromatic carbocycles. The van der Waals surface area contributed by atoms with E-state index >= 15 is 0 Å². The molecule has 2 fully saturated rings. The Morgan fingerprint density at radius 3 is 2.55 bits per heavy atom. The quantitative estimate of drug-likeness (QED) is 0.225. The first-order valence-corrected chi connectivity index (χ1v) is 14.8. The third-order valence-corrected chi connectivity index (χ3v) is 9.01. The molecule has 3 atom stereocenters. The van der Waals surface area contributed by atoms with E-state index in [1.807, 2.05) is 53.4 Å². The molecule has 11 heteroatoms. The zero-order chi connectivity index (χ0) is 30.8. The second-order valence-electron chi connectivity index (χ2n) is 11.6. The summed E-state index contributed by atoms with van der Waals surface area (Å²) in [6.45, 7) is 1.89. The summed E-state index contributed by atoms with van der Waals surface area (Å²) in [5.74, 6) is -0.320. The van der Waals surface area contributed by atoms with Gasteiger partial charge in [0.2, 0.25) is 11.8 Å². The van der Waals surface area contributed by atoms with Crippen molar-refractivity contribution in [1.82, 2.24) is 15.7 Å². The number of hydrogen-bond acceptors (Lipinski definition) is 9. The fourth-order valence-electron chi connectivity index (χ4n) is 6.60. The van der Waals surface area contributed by atoms with Gasteiger partial charge in [0, 0.05) is 37.2 Å². The summed E-state index contributed by atoms with van der Waals surface area (Å²) in [4.78, 5) is 27.7. The number of piperidine rings is 2. The Labute approximate surface area is 254 Å². The zero-order valence-corrected chi connectivity index (χ0v) is 24.1. The van der Waals surface area contributed by atoms with Crippen molar-refractivity contribution < 1.29 is 29.0 Å². The molecule has 0 bridgehead atoms. The third kappa shape index (κ3) is 5.89. The smallest absolute Gasteiger partial charge is 0.244 e. The number of benzene rings is 3. The number of aliphatic hydroxyl groups excluding tert-OH is 1. The second kappa shape index (κ2) is 12.7. The molecule has 0 aromatic heterocycles. The number of carbonyl (C=O) groups is 2. The maximum Gasteiger partial charge on any atom is 0.244 e. The number of amides is 2. The van der Waals surface area contributed by atoms with Gasteiger partial charge in [-0.15, -0.1) is 0 Å². The molecule has 0 aliphatic carbocycles. The van der Waals surface area contributed by atoms with E-state index in [1.165, 1.54) is 6.07 Å². The molecule has 3 aromatic rings. The molecule has 3 aliphatic heterocycles. The van der Waals surface area contributed by atoms with Crippen LogP contribution in [-0.4, -0.2) is 46.2 Å². The van der Waals surface area contributed by atoms with Crippen molar-refractivity contribution in [3.8, 4) is 11.8 Å². The molecule has 3 heterocycles. The van der Waals surface area contributed by atoms with Crippen LogP contribution in [0.3, 0.4) is 0 Å². The van der Waals surface area contributed by atoms with Crippen molar-refractivity contribution in [2.45, 2.75) is 57.1 Å². The largest absolute Gasteiger partial charge is 0.489 e. The van der Waals surface area contributed by atoms with E-state index < -0.39 is 24.0 Å². The van der Waals surface area contributed by atoms with Crippen molar-refractivity contribution in [2.75, 3.05) is 18.0 Å². The van der Waals surface area contributed by atoms with E-state index in [4.69, 9.17) is 10.00 Å². The Bertz CT molecular complexity index is 1580. The highest BCUT2D eigenvalue weighted by molar-refractivity contribution is 6.00. The standard InChI is InChI=1S/C33H34FN5O5/c34-26-16-21(17-35)6-9-27(26)38-14-12-23(13-15-38)31(37-43)22-7-4-20(5-8-22)19-44-29-3-1-2-24-25(29)18-39(33(24)42)28-10-11-30(40)36-32(28)41/h1-9,16,23,28,31,33,37,42-43H,10-15,18-19H2,(H,36,40,41)/t28-,31?,33?/m0/s1. The minimum atomic E-state index is -0.963. The van der Waals surface area contributed by atoms with Gasteiger partial charge in [-0.3, -0.25) is 19.8 Å². The van der Waals surface area contributed by atoms with E-state index in [9.17, 15) is 24.3 Å². The normalized spacial score (nSPS) is 21.5. The molecular formula is C33H34FN5O5. The number of imide groups is 1. The molecule has 44 heavy (non-hydrogen) atoms. The van der Waals surface area contributed by atoms with Gasteiger partial charge < -0.3 is 20.0 Å². The number of rotatable bonds is 8. The van der Waals surface area contributed by atoms with Gasteiger partial charge in [0.25, 0.3) is 0 Å². The molecule has 2 saturated heterocycles. The van der Waals surface area contributed by atoms with Crippen LogP contribution in [0.25, 0.3) is 0 Å². The van der Waals surface area contributed by atoms with Crippen LogP contribution in [0.5, 0.6) is 5.75 Å². The molecule has 10 nitrogen and oxygen atoms in total. The van der Waals surface area contributed by atoms with Crippen LogP contribution >= 0.6 is 0 Å². The number of fused-ring (bicyclic) bond motifs is 1. The number of hydroxylamine groups is 1. The molecule has 4 N–H and O–H groups in total. The zero-order valence-electron chi connectivity index (χ0n) is 24.1. The maximum absolute atomic E-state index is 14.5. The molecule has 0 spiro atoms. The van der Waals surface area contributed by atoms with Gasteiger partial charge in [-0.2, -0.15) is 10.7 Å². The van der Waals surface area contributed by atoms with Gasteiger partial charge in [-0.1, -0.05) is 36.4 Å². The van der Waals surface area contributed by atoms with E-state index in [0.717, 1.165) is 29.5 Å². The van der Waals surface area contributed by atoms with Crippen molar-refractivity contribution in [1.29, 1.82) is 5.26 Å². The third-order valence-electron chi connectivity index (χ3n) is 9.01. The minimum absolute atomic E-state index is 0.144. The van der Waals surface area contributed by atoms with Gasteiger partial charge in [-0.25, -0.2) is 4.39 Å². The van der Waals surface area contributed by atoms with E-state index in [1.54, 1.807) is 17.0 Å². The summed E-state index contributed by atoms with van der Waals surface area (Å²) >= 11 is 0. The molecule has 6 rings (SSSR count). The number of aliphatic hydroxyl groups is 1. The highest BCUT2D eigenvalue weighted by Crippen LogP contribution is 2.40. The Kier molecular flexibility index (Phi) is 8.59. The Hall–Kier alpha value is -4.34. The number of carbonyl (C=O) groups excluding carboxylic acids is 2. The van der Waals surface area contributed by atoms with Crippen LogP contribution in [0.4, 0.5) is 10.1 Å². The SMILES string of the molecule is N#Cc1ccc(N2CCC(C(NO)c3ccc(COc4cccc5c4CN([C@H]4CCC(=O)NC4=O)C5O)cc3)CC2)c(F)c1. The summed E-state index contributed by atoms with van der Waals surface area (Å²) in [6.07, 6.45) is 1.14. The lowest BCUT2D eigenvalue weighted by Gasteiger charge is -2.37. The molecule has 0 saturated carbocycles. The first-order valence-electron chi connectivity index (χ1n) is 14.8. The highest BCUT2D eigenvalue weighted by Gasteiger charge is 2.40. The van der Waals surface area contributed by atoms with E-state index in [-0.39, 0.29) is 30.9 Å². The van der Waals surface area contributed by atoms with E-state index in [2.05, 4.69) is 10.8 Å². The summed E-state index contributed by atoms with van der Waals surface area (Å²) in [5, 5.41) is 32.4. The number of ether oxygens (including phenoxy) is 1. The predicted octanol–water partition coefficient (Wildman–Crippen LogP) is 3.82. The summed E-state index contributed by atoms with van der Waals surface area (Å²) in [7, 11) is 0. The van der Waals surface area contributed by atoms with Gasteiger partial charge in [0.1, 0.15) is 24.4 Å². The fraction of sp³-hybridized carbons (Fsp3) is 0.364.